The first kappa shape index (κ1) is 13.2. The Kier molecular flexibility index (Phi) is 4.49. The summed E-state index contributed by atoms with van der Waals surface area (Å²) in [5, 5.41) is 9.21. The Morgan fingerprint density at radius 1 is 1.61 bits per heavy atom. The maximum atomic E-state index is 11.2. The van der Waals surface area contributed by atoms with E-state index in [0.717, 1.165) is 23.6 Å². The van der Waals surface area contributed by atoms with E-state index < -0.39 is 5.97 Å². The second-order valence-corrected chi connectivity index (χ2v) is 5.40. The van der Waals surface area contributed by atoms with Crippen LogP contribution in [0.3, 0.4) is 0 Å². The number of benzene rings is 1. The number of carboxylic acid groups (broad SMARTS) is 1. The molecule has 1 fully saturated rings. The molecular formula is C13H17NO3S. The van der Waals surface area contributed by atoms with Crippen LogP contribution in [0.2, 0.25) is 0 Å². The van der Waals surface area contributed by atoms with Crippen molar-refractivity contribution in [2.75, 3.05) is 25.2 Å². The molecule has 0 spiro atoms. The van der Waals surface area contributed by atoms with E-state index in [1.54, 1.807) is 18.9 Å². The minimum absolute atomic E-state index is 0.380. The SMILES string of the molecule is COc1cccc(CN2CCSCC2C(=O)O)c1. The molecule has 98 valence electrons. The van der Waals surface area contributed by atoms with Gasteiger partial charge in [0.1, 0.15) is 11.8 Å². The molecule has 2 rings (SSSR count). The topological polar surface area (TPSA) is 49.8 Å². The van der Waals surface area contributed by atoms with Gasteiger partial charge in [0.05, 0.1) is 7.11 Å². The smallest absolute Gasteiger partial charge is 0.321 e. The van der Waals surface area contributed by atoms with Crippen LogP contribution in [0, 0.1) is 0 Å². The van der Waals surface area contributed by atoms with Gasteiger partial charge < -0.3 is 9.84 Å². The molecule has 18 heavy (non-hydrogen) atoms. The molecule has 0 bridgehead atoms. The number of hydrogen-bond acceptors (Lipinski definition) is 4. The number of carboxylic acids is 1. The molecule has 0 aliphatic carbocycles. The summed E-state index contributed by atoms with van der Waals surface area (Å²) in [5.74, 6) is 1.74. The molecule has 1 aromatic rings. The Morgan fingerprint density at radius 2 is 2.44 bits per heavy atom. The Bertz CT molecular complexity index is 424. The third-order valence-corrected chi connectivity index (χ3v) is 4.07. The summed E-state index contributed by atoms with van der Waals surface area (Å²) in [6.07, 6.45) is 0. The second kappa shape index (κ2) is 6.11. The van der Waals surface area contributed by atoms with Gasteiger partial charge in [-0.1, -0.05) is 12.1 Å². The van der Waals surface area contributed by atoms with Gasteiger partial charge in [-0.05, 0) is 17.7 Å². The molecule has 1 saturated heterocycles. The van der Waals surface area contributed by atoms with E-state index >= 15 is 0 Å². The van der Waals surface area contributed by atoms with Crippen LogP contribution in [-0.2, 0) is 11.3 Å². The van der Waals surface area contributed by atoms with Crippen LogP contribution in [-0.4, -0.2) is 47.2 Å². The van der Waals surface area contributed by atoms with E-state index in [1.165, 1.54) is 0 Å². The van der Waals surface area contributed by atoms with Gasteiger partial charge in [-0.25, -0.2) is 0 Å². The molecule has 1 aliphatic rings. The number of methoxy groups -OCH3 is 1. The lowest BCUT2D eigenvalue weighted by Crippen LogP contribution is -2.46. The fraction of sp³-hybridized carbons (Fsp3) is 0.462. The highest BCUT2D eigenvalue weighted by molar-refractivity contribution is 7.99. The summed E-state index contributed by atoms with van der Waals surface area (Å²) in [5.41, 5.74) is 1.09. The van der Waals surface area contributed by atoms with Crippen molar-refractivity contribution in [3.63, 3.8) is 0 Å². The number of thioether (sulfide) groups is 1. The molecule has 0 aromatic heterocycles. The van der Waals surface area contributed by atoms with Crippen LogP contribution >= 0.6 is 11.8 Å². The summed E-state index contributed by atoms with van der Waals surface area (Å²) in [6, 6.07) is 7.41. The molecule has 4 nitrogen and oxygen atoms in total. The molecule has 0 amide bonds. The zero-order valence-electron chi connectivity index (χ0n) is 10.3. The predicted octanol–water partition coefficient (Wildman–Crippen LogP) is 1.70. The zero-order valence-corrected chi connectivity index (χ0v) is 11.2. The standard InChI is InChI=1S/C13H17NO3S/c1-17-11-4-2-3-10(7-11)8-14-5-6-18-9-12(14)13(15)16/h2-4,7,12H,5-6,8-9H2,1H3,(H,15,16). The van der Waals surface area contributed by atoms with Crippen molar-refractivity contribution in [2.24, 2.45) is 0 Å². The molecule has 0 saturated carbocycles. The van der Waals surface area contributed by atoms with Crippen LogP contribution in [0.15, 0.2) is 24.3 Å². The Morgan fingerprint density at radius 3 is 3.17 bits per heavy atom. The molecule has 1 aliphatic heterocycles. The van der Waals surface area contributed by atoms with Crippen LogP contribution in [0.1, 0.15) is 5.56 Å². The normalized spacial score (nSPS) is 20.6. The monoisotopic (exact) mass is 267 g/mol. The number of ether oxygens (including phenoxy) is 1. The first-order valence-corrected chi connectivity index (χ1v) is 7.03. The van der Waals surface area contributed by atoms with Crippen molar-refractivity contribution in [1.29, 1.82) is 0 Å². The van der Waals surface area contributed by atoms with Crippen molar-refractivity contribution in [1.82, 2.24) is 4.90 Å². The van der Waals surface area contributed by atoms with Gasteiger partial charge in [0, 0.05) is 24.6 Å². The van der Waals surface area contributed by atoms with E-state index in [-0.39, 0.29) is 6.04 Å². The van der Waals surface area contributed by atoms with E-state index in [2.05, 4.69) is 0 Å². The summed E-state index contributed by atoms with van der Waals surface area (Å²) < 4.78 is 5.18. The third-order valence-electron chi connectivity index (χ3n) is 3.04. The number of rotatable bonds is 4. The van der Waals surface area contributed by atoms with Gasteiger partial charge in [-0.2, -0.15) is 11.8 Å². The average Bonchev–Trinajstić information content (AvgIpc) is 2.39. The van der Waals surface area contributed by atoms with Crippen molar-refractivity contribution in [2.45, 2.75) is 12.6 Å². The lowest BCUT2D eigenvalue weighted by molar-refractivity contribution is -0.142. The number of nitrogens with zero attached hydrogens (tertiary/aromatic N) is 1. The molecule has 5 heteroatoms. The van der Waals surface area contributed by atoms with Gasteiger partial charge in [0.2, 0.25) is 0 Å². The molecule has 1 unspecified atom stereocenters. The maximum Gasteiger partial charge on any atom is 0.321 e. The van der Waals surface area contributed by atoms with E-state index in [1.807, 2.05) is 29.2 Å². The summed E-state index contributed by atoms with van der Waals surface area (Å²) in [4.78, 5) is 13.2. The van der Waals surface area contributed by atoms with Gasteiger partial charge >= 0.3 is 5.97 Å². The van der Waals surface area contributed by atoms with Crippen LogP contribution in [0.25, 0.3) is 0 Å². The highest BCUT2D eigenvalue weighted by Crippen LogP contribution is 2.21. The molecule has 0 radical (unpaired) electrons. The largest absolute Gasteiger partial charge is 0.497 e. The Balaban J connectivity index is 2.08. The van der Waals surface area contributed by atoms with Crippen molar-refractivity contribution >= 4 is 17.7 Å². The molecule has 1 heterocycles. The molecule has 1 aromatic carbocycles. The maximum absolute atomic E-state index is 11.2. The highest BCUT2D eigenvalue weighted by Gasteiger charge is 2.28. The lowest BCUT2D eigenvalue weighted by Gasteiger charge is -2.32. The van der Waals surface area contributed by atoms with E-state index in [0.29, 0.717) is 12.3 Å². The molecule has 1 N–H and O–H groups in total. The minimum atomic E-state index is -0.731. The summed E-state index contributed by atoms with van der Waals surface area (Å²) >= 11 is 1.71. The molecular weight excluding hydrogens is 250 g/mol. The number of aliphatic carboxylic acids is 1. The number of carbonyl (C=O) groups is 1. The average molecular weight is 267 g/mol. The van der Waals surface area contributed by atoms with Crippen LogP contribution in [0.5, 0.6) is 5.75 Å². The number of hydrogen-bond donors (Lipinski definition) is 1. The second-order valence-electron chi connectivity index (χ2n) is 4.25. The van der Waals surface area contributed by atoms with Crippen molar-refractivity contribution in [3.8, 4) is 5.75 Å². The minimum Gasteiger partial charge on any atom is -0.497 e. The van der Waals surface area contributed by atoms with Crippen LogP contribution < -0.4 is 4.74 Å². The van der Waals surface area contributed by atoms with Gasteiger partial charge in [0.25, 0.3) is 0 Å². The first-order chi connectivity index (χ1) is 8.70. The third kappa shape index (κ3) is 3.17. The van der Waals surface area contributed by atoms with Gasteiger partial charge in [-0.15, -0.1) is 0 Å². The first-order valence-electron chi connectivity index (χ1n) is 5.88. The molecule has 1 atom stereocenters. The van der Waals surface area contributed by atoms with Crippen molar-refractivity contribution < 1.29 is 14.6 Å². The van der Waals surface area contributed by atoms with E-state index in [4.69, 9.17) is 4.74 Å². The Hall–Kier alpha value is -1.20. The van der Waals surface area contributed by atoms with Gasteiger partial charge in [-0.3, -0.25) is 9.69 Å². The summed E-state index contributed by atoms with van der Waals surface area (Å²) in [7, 11) is 1.64. The summed E-state index contributed by atoms with van der Waals surface area (Å²) in [6.45, 7) is 1.48. The zero-order chi connectivity index (χ0) is 13.0. The fourth-order valence-electron chi connectivity index (χ4n) is 2.06. The Labute approximate surface area is 111 Å². The lowest BCUT2D eigenvalue weighted by atomic mass is 10.1. The van der Waals surface area contributed by atoms with Crippen molar-refractivity contribution in [3.05, 3.63) is 29.8 Å². The van der Waals surface area contributed by atoms with E-state index in [9.17, 15) is 9.90 Å². The van der Waals surface area contributed by atoms with Gasteiger partial charge in [0.15, 0.2) is 0 Å². The quantitative estimate of drug-likeness (QED) is 0.899. The highest BCUT2D eigenvalue weighted by atomic mass is 32.2. The van der Waals surface area contributed by atoms with Crippen LogP contribution in [0.4, 0.5) is 0 Å². The fourth-order valence-corrected chi connectivity index (χ4v) is 3.17. The predicted molar refractivity (Wildman–Crippen MR) is 72.2 cm³/mol.